The summed E-state index contributed by atoms with van der Waals surface area (Å²) < 4.78 is 22.9. The minimum atomic E-state index is -0.690. The van der Waals surface area contributed by atoms with Gasteiger partial charge < -0.3 is 4.74 Å². The number of halogens is 1. The summed E-state index contributed by atoms with van der Waals surface area (Å²) in [5, 5.41) is 0. The van der Waals surface area contributed by atoms with Gasteiger partial charge in [0.25, 0.3) is 5.91 Å². The molecule has 162 valence electrons. The maximum Gasteiger partial charge on any atom is 0.407 e. The molecular formula is C23H21FN5O3+. The molecule has 0 spiro atoms. The van der Waals surface area contributed by atoms with Crippen LogP contribution in [0.15, 0.2) is 59.7 Å². The summed E-state index contributed by atoms with van der Waals surface area (Å²) in [7, 11) is 3.08. The molecule has 8 nitrogen and oxygen atoms in total. The van der Waals surface area contributed by atoms with E-state index in [9.17, 15) is 14.0 Å². The Hall–Kier alpha value is -4.01. The minimum absolute atomic E-state index is 0.268. The van der Waals surface area contributed by atoms with E-state index in [0.717, 1.165) is 21.8 Å². The van der Waals surface area contributed by atoms with Gasteiger partial charge >= 0.3 is 12.0 Å². The highest BCUT2D eigenvalue weighted by atomic mass is 19.1. The number of imidazole rings is 1. The normalized spacial score (nSPS) is 17.4. The molecule has 1 aromatic heterocycles. The second-order valence-corrected chi connectivity index (χ2v) is 7.81. The minimum Gasteiger partial charge on any atom is -0.485 e. The molecule has 0 N–H and O–H groups in total. The van der Waals surface area contributed by atoms with E-state index < -0.39 is 12.1 Å². The number of fused-ring (bicyclic) bond motifs is 3. The van der Waals surface area contributed by atoms with Crippen LogP contribution < -0.4 is 9.30 Å². The SMILES string of the molecule is Cc1c[n+]2c(n1-c1ccccc1OCc1ccc(F)cc1)N=C1C2C(=O)N(C)C(=O)N1C. The highest BCUT2D eigenvalue weighted by molar-refractivity contribution is 6.18. The number of para-hydroxylation sites is 2. The van der Waals surface area contributed by atoms with Gasteiger partial charge in [0.15, 0.2) is 5.75 Å². The Labute approximate surface area is 183 Å². The monoisotopic (exact) mass is 434 g/mol. The van der Waals surface area contributed by atoms with Gasteiger partial charge in [0.1, 0.15) is 30.0 Å². The van der Waals surface area contributed by atoms with Crippen molar-refractivity contribution >= 4 is 23.7 Å². The third kappa shape index (κ3) is 2.96. The number of aliphatic imine (C=N–C) groups is 1. The van der Waals surface area contributed by atoms with Crippen LogP contribution in [0.5, 0.6) is 5.75 Å². The van der Waals surface area contributed by atoms with Crippen molar-refractivity contribution in [2.24, 2.45) is 4.99 Å². The predicted octanol–water partition coefficient (Wildman–Crippen LogP) is 2.90. The summed E-state index contributed by atoms with van der Waals surface area (Å²) in [6.07, 6.45) is 1.85. The van der Waals surface area contributed by atoms with Gasteiger partial charge in [0, 0.05) is 14.1 Å². The summed E-state index contributed by atoms with van der Waals surface area (Å²) in [6.45, 7) is 2.19. The third-order valence-electron chi connectivity index (χ3n) is 5.74. The lowest BCUT2D eigenvalue weighted by molar-refractivity contribution is -0.676. The van der Waals surface area contributed by atoms with Crippen molar-refractivity contribution < 1.29 is 23.3 Å². The highest BCUT2D eigenvalue weighted by Gasteiger charge is 2.52. The molecule has 3 amide bonds. The van der Waals surface area contributed by atoms with Crippen LogP contribution in [0.2, 0.25) is 0 Å². The molecule has 1 fully saturated rings. The van der Waals surface area contributed by atoms with E-state index in [4.69, 9.17) is 4.74 Å². The molecule has 5 rings (SSSR count). The first-order valence-corrected chi connectivity index (χ1v) is 10.1. The van der Waals surface area contributed by atoms with Gasteiger partial charge in [-0.1, -0.05) is 29.3 Å². The molecule has 1 atom stereocenters. The van der Waals surface area contributed by atoms with Crippen molar-refractivity contribution in [3.63, 3.8) is 0 Å². The van der Waals surface area contributed by atoms with Gasteiger partial charge in [-0.3, -0.25) is 14.6 Å². The molecule has 1 unspecified atom stereocenters. The van der Waals surface area contributed by atoms with Crippen LogP contribution in [-0.2, 0) is 11.4 Å². The number of hydrogen-bond acceptors (Lipinski definition) is 4. The fourth-order valence-electron chi connectivity index (χ4n) is 4.07. The number of carbonyl (C=O) groups is 2. The molecular weight excluding hydrogens is 413 g/mol. The van der Waals surface area contributed by atoms with Gasteiger partial charge in [0.2, 0.25) is 11.9 Å². The van der Waals surface area contributed by atoms with E-state index in [1.165, 1.54) is 24.1 Å². The molecule has 0 saturated carbocycles. The standard InChI is InChI=1S/C23H21FN5O3/c1-14-12-28-19-20(26(2)23(31)27(3)21(19)30)25-22(28)29(14)17-6-4-5-7-18(17)32-13-15-8-10-16(24)11-9-15/h4-12,19H,13H2,1-3H3/q+1. The fraction of sp³-hybridized carbons (Fsp3) is 0.217. The second-order valence-electron chi connectivity index (χ2n) is 7.81. The van der Waals surface area contributed by atoms with Crippen LogP contribution in [0.25, 0.3) is 5.69 Å². The number of benzene rings is 2. The Morgan fingerprint density at radius 1 is 1.06 bits per heavy atom. The zero-order valence-electron chi connectivity index (χ0n) is 17.8. The highest BCUT2D eigenvalue weighted by Crippen LogP contribution is 2.34. The van der Waals surface area contributed by atoms with Crippen molar-refractivity contribution in [1.82, 2.24) is 14.4 Å². The zero-order valence-corrected chi connectivity index (χ0v) is 17.8. The Bertz CT molecular complexity index is 1280. The number of aryl methyl sites for hydroxylation is 1. The zero-order chi connectivity index (χ0) is 22.6. The quantitative estimate of drug-likeness (QED) is 0.593. The summed E-state index contributed by atoms with van der Waals surface area (Å²) in [4.78, 5) is 32.4. The number of carbonyl (C=O) groups excluding carboxylic acids is 2. The van der Waals surface area contributed by atoms with Crippen molar-refractivity contribution in [3.05, 3.63) is 71.8 Å². The molecule has 3 aromatic rings. The Kier molecular flexibility index (Phi) is 4.54. The predicted molar refractivity (Wildman–Crippen MR) is 113 cm³/mol. The van der Waals surface area contributed by atoms with E-state index in [0.29, 0.717) is 17.5 Å². The largest absolute Gasteiger partial charge is 0.485 e. The number of hydrogen-bond donors (Lipinski definition) is 0. The number of amidine groups is 1. The van der Waals surface area contributed by atoms with Gasteiger partial charge in [-0.2, -0.15) is 4.57 Å². The van der Waals surface area contributed by atoms with Gasteiger partial charge in [0.05, 0.1) is 0 Å². The lowest BCUT2D eigenvalue weighted by atomic mass is 10.2. The molecule has 1 saturated heterocycles. The molecule has 2 aliphatic heterocycles. The topological polar surface area (TPSA) is 71.0 Å². The lowest BCUT2D eigenvalue weighted by Crippen LogP contribution is -2.61. The number of likely N-dealkylation sites (N-methyl/N-ethyl adjacent to an activating group) is 2. The van der Waals surface area contributed by atoms with E-state index >= 15 is 0 Å². The van der Waals surface area contributed by atoms with Crippen LogP contribution in [0.4, 0.5) is 15.1 Å². The summed E-state index contributed by atoms with van der Waals surface area (Å²) in [5.74, 6) is 0.916. The average molecular weight is 434 g/mol. The first kappa shape index (κ1) is 19.9. The van der Waals surface area contributed by atoms with Crippen LogP contribution in [-0.4, -0.2) is 46.2 Å². The van der Waals surface area contributed by atoms with Crippen molar-refractivity contribution in [1.29, 1.82) is 0 Å². The molecule has 0 aliphatic carbocycles. The Morgan fingerprint density at radius 2 is 1.78 bits per heavy atom. The van der Waals surface area contributed by atoms with Crippen molar-refractivity contribution in [3.8, 4) is 11.4 Å². The van der Waals surface area contributed by atoms with Crippen LogP contribution >= 0.6 is 0 Å². The number of rotatable bonds is 4. The maximum absolute atomic E-state index is 13.2. The number of ether oxygens (including phenoxy) is 1. The van der Waals surface area contributed by atoms with Crippen LogP contribution in [0.3, 0.4) is 0 Å². The molecule has 0 bridgehead atoms. The van der Waals surface area contributed by atoms with Crippen LogP contribution in [0, 0.1) is 12.7 Å². The molecule has 32 heavy (non-hydrogen) atoms. The molecule has 0 radical (unpaired) electrons. The smallest absolute Gasteiger partial charge is 0.407 e. The van der Waals surface area contributed by atoms with Crippen LogP contribution in [0.1, 0.15) is 17.3 Å². The van der Waals surface area contributed by atoms with E-state index in [-0.39, 0.29) is 18.3 Å². The molecule has 9 heteroatoms. The number of urea groups is 1. The fourth-order valence-corrected chi connectivity index (χ4v) is 4.07. The average Bonchev–Trinajstić information content (AvgIpc) is 3.30. The summed E-state index contributed by atoms with van der Waals surface area (Å²) >= 11 is 0. The number of amides is 3. The third-order valence-corrected chi connectivity index (χ3v) is 5.74. The number of imide groups is 1. The van der Waals surface area contributed by atoms with Gasteiger partial charge in [-0.15, -0.1) is 0 Å². The summed E-state index contributed by atoms with van der Waals surface area (Å²) in [6, 6.07) is 12.6. The number of aromatic nitrogens is 2. The summed E-state index contributed by atoms with van der Waals surface area (Å²) in [5.41, 5.74) is 2.44. The van der Waals surface area contributed by atoms with Gasteiger partial charge in [-0.25, -0.2) is 13.8 Å². The molecule has 3 heterocycles. The van der Waals surface area contributed by atoms with E-state index in [2.05, 4.69) is 4.99 Å². The van der Waals surface area contributed by atoms with Crippen molar-refractivity contribution in [2.45, 2.75) is 19.6 Å². The molecule has 2 aromatic carbocycles. The maximum atomic E-state index is 13.2. The number of nitrogens with zero attached hydrogens (tertiary/aromatic N) is 5. The van der Waals surface area contributed by atoms with Gasteiger partial charge in [-0.05, 0) is 36.8 Å². The van der Waals surface area contributed by atoms with E-state index in [1.54, 1.807) is 23.7 Å². The first-order chi connectivity index (χ1) is 15.4. The first-order valence-electron chi connectivity index (χ1n) is 10.1. The second kappa shape index (κ2) is 7.30. The lowest BCUT2D eigenvalue weighted by Gasteiger charge is -2.30. The Morgan fingerprint density at radius 3 is 2.53 bits per heavy atom. The Balaban J connectivity index is 1.55. The van der Waals surface area contributed by atoms with E-state index in [1.807, 2.05) is 42.0 Å². The van der Waals surface area contributed by atoms with Crippen molar-refractivity contribution in [2.75, 3.05) is 14.1 Å². The molecule has 2 aliphatic rings.